The quantitative estimate of drug-likeness (QED) is 0.346. The van der Waals surface area contributed by atoms with Crippen LogP contribution in [0.2, 0.25) is 0 Å². The van der Waals surface area contributed by atoms with Crippen molar-refractivity contribution in [1.29, 1.82) is 0 Å². The third kappa shape index (κ3) is 4.63. The number of rotatable bonds is 8. The Balaban J connectivity index is 1.98. The molecule has 3 rings (SSSR count). The van der Waals surface area contributed by atoms with Crippen molar-refractivity contribution in [2.24, 2.45) is 0 Å². The Labute approximate surface area is 169 Å². The van der Waals surface area contributed by atoms with Gasteiger partial charge in [0.2, 0.25) is 10.0 Å². The largest absolute Gasteiger partial charge is 0.268 e. The second-order valence-corrected chi connectivity index (χ2v) is 9.41. The van der Waals surface area contributed by atoms with Crippen LogP contribution in [0, 0.1) is 0 Å². The Morgan fingerprint density at radius 3 is 2.50 bits per heavy atom. The molecule has 0 aliphatic rings. The highest BCUT2D eigenvalue weighted by Crippen LogP contribution is 2.22. The lowest BCUT2D eigenvalue weighted by Crippen LogP contribution is -2.23. The monoisotopic (exact) mass is 417 g/mol. The molecule has 0 radical (unpaired) electrons. The molecule has 0 fully saturated rings. The van der Waals surface area contributed by atoms with Gasteiger partial charge in [0.15, 0.2) is 5.16 Å². The number of thioether (sulfide) groups is 1. The lowest BCUT2D eigenvalue weighted by molar-refractivity contribution is 0.587. The van der Waals surface area contributed by atoms with Crippen LogP contribution < -0.4 is 10.3 Å². The first kappa shape index (κ1) is 20.6. The average molecular weight is 418 g/mol. The molecule has 148 valence electrons. The fourth-order valence-corrected chi connectivity index (χ4v) is 4.69. The molecule has 0 saturated carbocycles. The molecule has 0 aliphatic heterocycles. The van der Waals surface area contributed by atoms with Gasteiger partial charge in [-0.25, -0.2) is 18.1 Å². The van der Waals surface area contributed by atoms with Crippen molar-refractivity contribution in [2.75, 3.05) is 18.6 Å². The fourth-order valence-electron chi connectivity index (χ4n) is 2.83. The first-order valence-electron chi connectivity index (χ1n) is 9.10. The van der Waals surface area contributed by atoms with Gasteiger partial charge in [-0.15, -0.1) is 0 Å². The zero-order chi connectivity index (χ0) is 20.1. The average Bonchev–Trinajstić information content (AvgIpc) is 2.71. The van der Waals surface area contributed by atoms with Gasteiger partial charge in [0.05, 0.1) is 22.3 Å². The van der Waals surface area contributed by atoms with Crippen LogP contribution in [-0.2, 0) is 16.4 Å². The predicted molar refractivity (Wildman–Crippen MR) is 115 cm³/mol. The minimum Gasteiger partial charge on any atom is -0.268 e. The summed E-state index contributed by atoms with van der Waals surface area (Å²) in [4.78, 5) is 17.8. The van der Waals surface area contributed by atoms with Crippen molar-refractivity contribution in [3.05, 3.63) is 64.4 Å². The van der Waals surface area contributed by atoms with E-state index >= 15 is 0 Å². The molecule has 0 spiro atoms. The lowest BCUT2D eigenvalue weighted by atomic mass is 10.1. The zero-order valence-electron chi connectivity index (χ0n) is 15.9. The van der Waals surface area contributed by atoms with Crippen molar-refractivity contribution in [3.63, 3.8) is 0 Å². The van der Waals surface area contributed by atoms with E-state index in [-0.39, 0.29) is 11.3 Å². The molecule has 0 unspecified atom stereocenters. The van der Waals surface area contributed by atoms with Gasteiger partial charge >= 0.3 is 0 Å². The van der Waals surface area contributed by atoms with E-state index in [1.807, 2.05) is 42.5 Å². The van der Waals surface area contributed by atoms with Crippen LogP contribution in [0.15, 0.2) is 58.5 Å². The number of aromatic nitrogens is 2. The first-order valence-corrected chi connectivity index (χ1v) is 11.7. The highest BCUT2D eigenvalue weighted by Gasteiger charge is 2.14. The number of hydrogen-bond acceptors (Lipinski definition) is 5. The summed E-state index contributed by atoms with van der Waals surface area (Å²) in [5, 5.41) is 1.12. The van der Waals surface area contributed by atoms with Crippen LogP contribution in [-0.4, -0.2) is 36.5 Å². The lowest BCUT2D eigenvalue weighted by Gasteiger charge is -2.13. The van der Waals surface area contributed by atoms with E-state index in [0.717, 1.165) is 12.1 Å². The van der Waals surface area contributed by atoms with E-state index in [9.17, 15) is 13.2 Å². The number of hydrogen-bond donors (Lipinski definition) is 1. The smallest absolute Gasteiger partial charge is 0.266 e. The van der Waals surface area contributed by atoms with E-state index in [1.165, 1.54) is 24.4 Å². The molecular formula is C20H23N3O3S2. The summed E-state index contributed by atoms with van der Waals surface area (Å²) >= 11 is 1.39. The first-order chi connectivity index (χ1) is 13.4. The van der Waals surface area contributed by atoms with Crippen molar-refractivity contribution in [2.45, 2.75) is 24.9 Å². The number of fused-ring (bicyclic) bond motifs is 1. The van der Waals surface area contributed by atoms with E-state index in [2.05, 4.69) is 16.6 Å². The molecule has 1 N–H and O–H groups in total. The predicted octanol–water partition coefficient (Wildman–Crippen LogP) is 2.98. The topological polar surface area (TPSA) is 81.1 Å². The highest BCUT2D eigenvalue weighted by atomic mass is 32.2. The van der Waals surface area contributed by atoms with Crippen LogP contribution in [0.4, 0.5) is 0 Å². The Hall–Kier alpha value is -2.16. The number of sulfonamides is 1. The van der Waals surface area contributed by atoms with Gasteiger partial charge in [0.1, 0.15) is 0 Å². The van der Waals surface area contributed by atoms with E-state index in [0.29, 0.717) is 28.2 Å². The van der Waals surface area contributed by atoms with Crippen molar-refractivity contribution < 1.29 is 8.42 Å². The molecule has 6 nitrogen and oxygen atoms in total. The highest BCUT2D eigenvalue weighted by molar-refractivity contribution is 7.99. The van der Waals surface area contributed by atoms with E-state index in [1.54, 1.807) is 10.6 Å². The van der Waals surface area contributed by atoms with Gasteiger partial charge < -0.3 is 0 Å². The van der Waals surface area contributed by atoms with Gasteiger partial charge in [-0.2, -0.15) is 0 Å². The van der Waals surface area contributed by atoms with Crippen LogP contribution in [0.1, 0.15) is 18.9 Å². The molecule has 2 aromatic carbocycles. The molecule has 1 heterocycles. The van der Waals surface area contributed by atoms with Crippen LogP contribution >= 0.6 is 11.8 Å². The Morgan fingerprint density at radius 2 is 1.82 bits per heavy atom. The minimum absolute atomic E-state index is 0.0412. The van der Waals surface area contributed by atoms with E-state index in [4.69, 9.17) is 0 Å². The molecule has 0 aliphatic carbocycles. The van der Waals surface area contributed by atoms with Gasteiger partial charge in [-0.1, -0.05) is 43.0 Å². The number of nitrogens with zero attached hydrogens (tertiary/aromatic N) is 2. The van der Waals surface area contributed by atoms with Crippen molar-refractivity contribution >= 4 is 32.7 Å². The third-order valence-electron chi connectivity index (χ3n) is 4.45. The molecule has 0 bridgehead atoms. The van der Waals surface area contributed by atoms with Crippen LogP contribution in [0.3, 0.4) is 0 Å². The maximum atomic E-state index is 13.1. The Morgan fingerprint density at radius 1 is 1.11 bits per heavy atom. The Kier molecular flexibility index (Phi) is 6.53. The minimum atomic E-state index is -3.24. The fraction of sp³-hybridized carbons (Fsp3) is 0.300. The summed E-state index contributed by atoms with van der Waals surface area (Å²) < 4.78 is 27.1. The SMILES string of the molecule is CCc1ccc(-n2c(SCCCS(=O)(=O)NC)nc3ccccc3c2=O)cc1. The Bertz CT molecular complexity index is 1120. The molecule has 1 aromatic heterocycles. The number of nitrogens with one attached hydrogen (secondary N) is 1. The molecule has 28 heavy (non-hydrogen) atoms. The number of benzene rings is 2. The van der Waals surface area contributed by atoms with Gasteiger partial charge in [0.25, 0.3) is 5.56 Å². The summed E-state index contributed by atoms with van der Waals surface area (Å²) in [6.07, 6.45) is 1.39. The van der Waals surface area contributed by atoms with E-state index < -0.39 is 10.0 Å². The molecular weight excluding hydrogens is 394 g/mol. The molecule has 3 aromatic rings. The van der Waals surface area contributed by atoms with Gasteiger partial charge in [0, 0.05) is 5.75 Å². The van der Waals surface area contributed by atoms with Crippen molar-refractivity contribution in [3.8, 4) is 5.69 Å². The zero-order valence-corrected chi connectivity index (χ0v) is 17.5. The maximum absolute atomic E-state index is 13.1. The maximum Gasteiger partial charge on any atom is 0.266 e. The number of aryl methyl sites for hydroxylation is 1. The molecule has 0 amide bonds. The van der Waals surface area contributed by atoms with Crippen molar-refractivity contribution in [1.82, 2.24) is 14.3 Å². The van der Waals surface area contributed by atoms with Gasteiger partial charge in [-0.3, -0.25) is 9.36 Å². The molecule has 0 saturated heterocycles. The summed E-state index contributed by atoms with van der Waals surface area (Å²) in [6.45, 7) is 2.08. The van der Waals surface area contributed by atoms with Crippen LogP contribution in [0.25, 0.3) is 16.6 Å². The van der Waals surface area contributed by atoms with Crippen LogP contribution in [0.5, 0.6) is 0 Å². The summed E-state index contributed by atoms with van der Waals surface area (Å²) in [6, 6.07) is 15.1. The number of para-hydroxylation sites is 1. The third-order valence-corrected chi connectivity index (χ3v) is 6.92. The summed E-state index contributed by atoms with van der Waals surface area (Å²) in [5.74, 6) is 0.582. The summed E-state index contributed by atoms with van der Waals surface area (Å²) in [7, 11) is -1.83. The van der Waals surface area contributed by atoms with Gasteiger partial charge in [-0.05, 0) is 49.7 Å². The summed E-state index contributed by atoms with van der Waals surface area (Å²) in [5.41, 5.74) is 2.46. The molecule has 8 heteroatoms. The second-order valence-electron chi connectivity index (χ2n) is 6.30. The second kappa shape index (κ2) is 8.89. The normalized spacial score (nSPS) is 11.8. The standard InChI is InChI=1S/C20H23N3O3S2/c1-3-15-9-11-16(12-10-15)23-19(24)17-7-4-5-8-18(17)22-20(23)27-13-6-14-28(25,26)21-2/h4-5,7-12,21H,3,6,13-14H2,1-2H3. The molecule has 0 atom stereocenters.